The third kappa shape index (κ3) is 3.70. The lowest BCUT2D eigenvalue weighted by Gasteiger charge is -2.17. The number of hydrogen-bond acceptors (Lipinski definition) is 7. The third-order valence-corrected chi connectivity index (χ3v) is 9.04. The molecule has 4 heterocycles. The number of pyridine rings is 1. The Balaban J connectivity index is 1.10. The molecule has 36 heavy (non-hydrogen) atoms. The van der Waals surface area contributed by atoms with Crippen LogP contribution in [-0.2, 0) is 0 Å². The summed E-state index contributed by atoms with van der Waals surface area (Å²) in [5, 5.41) is 15.6. The molecule has 2 atom stereocenters. The summed E-state index contributed by atoms with van der Waals surface area (Å²) >= 11 is 14.4. The van der Waals surface area contributed by atoms with Crippen molar-refractivity contribution in [1.29, 1.82) is 0 Å². The molecule has 1 N–H and O–H groups in total. The van der Waals surface area contributed by atoms with Gasteiger partial charge in [-0.3, -0.25) is 0 Å². The maximum atomic E-state index is 11.2. The molecule has 0 amide bonds. The fourth-order valence-electron chi connectivity index (χ4n) is 5.30. The van der Waals surface area contributed by atoms with Crippen molar-refractivity contribution < 1.29 is 14.4 Å². The molecule has 0 radical (unpaired) electrons. The highest BCUT2D eigenvalue weighted by Crippen LogP contribution is 2.54. The molecule has 0 bridgehead atoms. The average molecular weight is 539 g/mol. The summed E-state index contributed by atoms with van der Waals surface area (Å²) in [6.07, 6.45) is 6.67. The van der Waals surface area contributed by atoms with Gasteiger partial charge in [0.2, 0.25) is 0 Å². The summed E-state index contributed by atoms with van der Waals surface area (Å²) in [7, 11) is 0. The van der Waals surface area contributed by atoms with Gasteiger partial charge >= 0.3 is 5.97 Å². The van der Waals surface area contributed by atoms with E-state index >= 15 is 0 Å². The van der Waals surface area contributed by atoms with E-state index in [2.05, 4.69) is 32.2 Å². The predicted octanol–water partition coefficient (Wildman–Crippen LogP) is 6.62. The van der Waals surface area contributed by atoms with Crippen LogP contribution in [0, 0.1) is 17.8 Å². The van der Waals surface area contributed by atoms with Crippen molar-refractivity contribution in [3.05, 3.63) is 63.5 Å². The minimum absolute atomic E-state index is 0.0453. The topological polar surface area (TPSA) is 92.3 Å². The molecule has 3 fully saturated rings. The number of allylic oxidation sites excluding steroid dienone is 1. The Morgan fingerprint density at radius 2 is 1.86 bits per heavy atom. The number of carbonyl (C=O) groups is 1. The number of hydrogen-bond donors (Lipinski definition) is 1. The van der Waals surface area contributed by atoms with E-state index in [9.17, 15) is 9.90 Å². The second-order valence-corrected chi connectivity index (χ2v) is 11.4. The number of rotatable bonds is 6. The van der Waals surface area contributed by atoms with E-state index < -0.39 is 5.97 Å². The summed E-state index contributed by atoms with van der Waals surface area (Å²) in [6.45, 7) is 1.85. The largest absolute Gasteiger partial charge is 0.477 e. The van der Waals surface area contributed by atoms with E-state index in [4.69, 9.17) is 27.7 Å². The highest BCUT2D eigenvalue weighted by molar-refractivity contribution is 7.21. The number of aromatic carboxylic acids is 1. The number of piperidine rings is 1. The van der Waals surface area contributed by atoms with Gasteiger partial charge in [-0.05, 0) is 54.9 Å². The molecule has 10 heteroatoms. The van der Waals surface area contributed by atoms with Crippen LogP contribution in [0.5, 0.6) is 0 Å². The second-order valence-electron chi connectivity index (χ2n) is 9.67. The summed E-state index contributed by atoms with van der Waals surface area (Å²) in [4.78, 5) is 23.1. The zero-order chi connectivity index (χ0) is 24.6. The molecular weight excluding hydrogens is 519 g/mol. The Labute approximate surface area is 220 Å². The van der Waals surface area contributed by atoms with Crippen molar-refractivity contribution in [2.75, 3.05) is 18.0 Å². The molecule has 1 aromatic carbocycles. The lowest BCUT2D eigenvalue weighted by molar-refractivity contribution is 0.0691. The van der Waals surface area contributed by atoms with Crippen LogP contribution < -0.4 is 4.90 Å². The molecule has 2 unspecified atom stereocenters. The number of anilines is 1. The van der Waals surface area contributed by atoms with E-state index in [-0.39, 0.29) is 5.69 Å². The standard InChI is InChI=1S/C26H20Cl2N4O3S/c27-17-2-1-3-18(28)21(17)22-14(23(35-31-22)12-4-5-12)7-6-13-15-10-32(11-16(13)15)26-30-19-8-9-20(25(33)34)29-24(19)36-26/h1-3,6-9,12-13,15-16H,4-5,10-11H2,(H,33,34)/b7-6+. The first-order chi connectivity index (χ1) is 17.5. The molecule has 3 aromatic heterocycles. The Hall–Kier alpha value is -2.94. The molecule has 2 saturated carbocycles. The number of benzene rings is 1. The van der Waals surface area contributed by atoms with Crippen LogP contribution in [0.4, 0.5) is 5.13 Å². The van der Waals surface area contributed by atoms with Crippen LogP contribution in [0.1, 0.15) is 40.6 Å². The van der Waals surface area contributed by atoms with Crippen molar-refractivity contribution in [1.82, 2.24) is 15.1 Å². The van der Waals surface area contributed by atoms with Crippen molar-refractivity contribution in [2.45, 2.75) is 18.8 Å². The monoisotopic (exact) mass is 538 g/mol. The van der Waals surface area contributed by atoms with Gasteiger partial charge < -0.3 is 14.5 Å². The van der Waals surface area contributed by atoms with Crippen LogP contribution in [0.15, 0.2) is 40.9 Å². The van der Waals surface area contributed by atoms with E-state index in [1.54, 1.807) is 6.07 Å². The Morgan fingerprint density at radius 1 is 1.11 bits per heavy atom. The van der Waals surface area contributed by atoms with Crippen LogP contribution in [0.3, 0.4) is 0 Å². The van der Waals surface area contributed by atoms with Crippen molar-refractivity contribution in [3.8, 4) is 11.3 Å². The van der Waals surface area contributed by atoms with Gasteiger partial charge in [-0.15, -0.1) is 0 Å². The number of carboxylic acids is 1. The molecule has 7 nitrogen and oxygen atoms in total. The van der Waals surface area contributed by atoms with E-state index in [0.717, 1.165) is 47.9 Å². The minimum Gasteiger partial charge on any atom is -0.477 e. The Kier molecular flexibility index (Phi) is 5.13. The van der Waals surface area contributed by atoms with Crippen LogP contribution in [-0.4, -0.2) is 39.3 Å². The number of fused-ring (bicyclic) bond motifs is 2. The van der Waals surface area contributed by atoms with E-state index in [1.807, 2.05) is 18.2 Å². The van der Waals surface area contributed by atoms with E-state index in [0.29, 0.717) is 49.8 Å². The average Bonchev–Trinajstić information content (AvgIpc) is 3.62. The molecule has 0 spiro atoms. The zero-order valence-corrected chi connectivity index (χ0v) is 21.2. The predicted molar refractivity (Wildman–Crippen MR) is 140 cm³/mol. The second kappa shape index (κ2) is 8.30. The first-order valence-electron chi connectivity index (χ1n) is 11.9. The molecule has 1 aliphatic heterocycles. The molecular formula is C26H20Cl2N4O3S. The normalized spacial score (nSPS) is 23.1. The third-order valence-electron chi connectivity index (χ3n) is 7.38. The quantitative estimate of drug-likeness (QED) is 0.294. The smallest absolute Gasteiger partial charge is 0.354 e. The van der Waals surface area contributed by atoms with Gasteiger partial charge in [0, 0.05) is 30.1 Å². The molecule has 182 valence electrons. The van der Waals surface area contributed by atoms with Gasteiger partial charge in [0.1, 0.15) is 27.5 Å². The molecule has 1 saturated heterocycles. The van der Waals surface area contributed by atoms with Crippen LogP contribution in [0.2, 0.25) is 10.0 Å². The number of aromatic nitrogens is 3. The van der Waals surface area contributed by atoms with Crippen LogP contribution >= 0.6 is 34.5 Å². The van der Waals surface area contributed by atoms with Gasteiger partial charge in [0.05, 0.1) is 10.0 Å². The highest BCUT2D eigenvalue weighted by Gasteiger charge is 2.54. The zero-order valence-electron chi connectivity index (χ0n) is 18.9. The first kappa shape index (κ1) is 22.3. The maximum absolute atomic E-state index is 11.2. The number of thiazole rings is 1. The Morgan fingerprint density at radius 3 is 2.56 bits per heavy atom. The molecule has 3 aliphatic rings. The SMILES string of the molecule is O=C(O)c1ccc2nc(N3CC4C(/C=C/c5c(-c6c(Cl)cccc6Cl)noc5C5CC5)C4C3)sc2n1. The lowest BCUT2D eigenvalue weighted by atomic mass is 10.0. The maximum Gasteiger partial charge on any atom is 0.354 e. The van der Waals surface area contributed by atoms with E-state index in [1.165, 1.54) is 17.4 Å². The summed E-state index contributed by atoms with van der Waals surface area (Å²) < 4.78 is 5.78. The van der Waals surface area contributed by atoms with Crippen LogP contribution in [0.25, 0.3) is 27.7 Å². The summed E-state index contributed by atoms with van der Waals surface area (Å²) in [5.41, 5.74) is 3.19. The summed E-state index contributed by atoms with van der Waals surface area (Å²) in [5.74, 6) is 1.92. The van der Waals surface area contributed by atoms with Gasteiger partial charge in [-0.2, -0.15) is 0 Å². The van der Waals surface area contributed by atoms with Crippen molar-refractivity contribution in [2.24, 2.45) is 17.8 Å². The highest BCUT2D eigenvalue weighted by atomic mass is 35.5. The summed E-state index contributed by atoms with van der Waals surface area (Å²) in [6, 6.07) is 8.70. The van der Waals surface area contributed by atoms with Gasteiger partial charge in [-0.25, -0.2) is 14.8 Å². The fraction of sp³-hybridized carbons (Fsp3) is 0.308. The Bertz CT molecular complexity index is 1530. The fourth-order valence-corrected chi connectivity index (χ4v) is 6.83. The van der Waals surface area contributed by atoms with Crippen molar-refractivity contribution in [3.63, 3.8) is 0 Å². The van der Waals surface area contributed by atoms with Gasteiger partial charge in [-0.1, -0.05) is 57.9 Å². The minimum atomic E-state index is -1.03. The van der Waals surface area contributed by atoms with Gasteiger partial charge in [0.15, 0.2) is 5.13 Å². The molecule has 7 rings (SSSR count). The lowest BCUT2D eigenvalue weighted by Crippen LogP contribution is -2.23. The number of halogens is 2. The molecule has 2 aliphatic carbocycles. The molecule has 4 aromatic rings. The van der Waals surface area contributed by atoms with Gasteiger partial charge in [0.25, 0.3) is 0 Å². The number of carboxylic acid groups (broad SMARTS) is 1. The number of nitrogens with zero attached hydrogens (tertiary/aromatic N) is 4. The first-order valence-corrected chi connectivity index (χ1v) is 13.4. The van der Waals surface area contributed by atoms with Crippen molar-refractivity contribution >= 4 is 62.1 Å².